The van der Waals surface area contributed by atoms with Crippen molar-refractivity contribution in [3.05, 3.63) is 29.8 Å². The summed E-state index contributed by atoms with van der Waals surface area (Å²) >= 11 is 0. The van der Waals surface area contributed by atoms with E-state index in [0.29, 0.717) is 24.9 Å². The van der Waals surface area contributed by atoms with Gasteiger partial charge in [0, 0.05) is 0 Å². The largest absolute Gasteiger partial charge is 0.491 e. The molecule has 1 aliphatic carbocycles. The lowest BCUT2D eigenvalue weighted by Gasteiger charge is -2.25. The van der Waals surface area contributed by atoms with E-state index in [0.717, 1.165) is 5.75 Å². The minimum atomic E-state index is 0.463. The molecule has 0 saturated heterocycles. The topological polar surface area (TPSA) is 42.2 Å². The molecular formula is C13H15NO2. The zero-order valence-corrected chi connectivity index (χ0v) is 9.19. The van der Waals surface area contributed by atoms with E-state index in [1.165, 1.54) is 19.3 Å². The molecule has 2 rings (SSSR count). The van der Waals surface area contributed by atoms with Crippen LogP contribution >= 0.6 is 0 Å². The number of benzene rings is 1. The molecule has 0 radical (unpaired) electrons. The molecule has 1 fully saturated rings. The van der Waals surface area contributed by atoms with Gasteiger partial charge in [0.25, 0.3) is 0 Å². The summed E-state index contributed by atoms with van der Waals surface area (Å²) in [5.74, 6) is 0.788. The monoisotopic (exact) mass is 217 g/mol. The van der Waals surface area contributed by atoms with Gasteiger partial charge < -0.3 is 9.47 Å². The predicted octanol–water partition coefficient (Wildman–Crippen LogP) is 2.51. The minimum absolute atomic E-state index is 0.463. The molecule has 0 spiro atoms. The molecular weight excluding hydrogens is 202 g/mol. The van der Waals surface area contributed by atoms with Crippen molar-refractivity contribution >= 4 is 0 Å². The van der Waals surface area contributed by atoms with Crippen molar-refractivity contribution in [1.82, 2.24) is 0 Å². The van der Waals surface area contributed by atoms with Crippen molar-refractivity contribution in [1.29, 1.82) is 5.26 Å². The number of hydrogen-bond donors (Lipinski definition) is 0. The second-order valence-corrected chi connectivity index (χ2v) is 3.91. The Bertz CT molecular complexity index is 363. The number of nitrogens with zero attached hydrogens (tertiary/aromatic N) is 1. The van der Waals surface area contributed by atoms with Crippen LogP contribution < -0.4 is 4.74 Å². The van der Waals surface area contributed by atoms with Crippen molar-refractivity contribution < 1.29 is 9.47 Å². The summed E-state index contributed by atoms with van der Waals surface area (Å²) in [6, 6.07) is 9.19. The van der Waals surface area contributed by atoms with Gasteiger partial charge in [0.05, 0.1) is 24.3 Å². The average molecular weight is 217 g/mol. The van der Waals surface area contributed by atoms with Crippen LogP contribution in [0.5, 0.6) is 5.75 Å². The van der Waals surface area contributed by atoms with E-state index in [4.69, 9.17) is 14.7 Å². The van der Waals surface area contributed by atoms with Gasteiger partial charge in [-0.1, -0.05) is 0 Å². The molecule has 0 aliphatic heterocycles. The smallest absolute Gasteiger partial charge is 0.119 e. The van der Waals surface area contributed by atoms with E-state index >= 15 is 0 Å². The van der Waals surface area contributed by atoms with Crippen LogP contribution in [0.15, 0.2) is 24.3 Å². The molecule has 1 aliphatic rings. The summed E-state index contributed by atoms with van der Waals surface area (Å²) in [6.45, 7) is 1.22. The van der Waals surface area contributed by atoms with Crippen molar-refractivity contribution in [2.24, 2.45) is 0 Å². The molecule has 3 nitrogen and oxygen atoms in total. The first-order valence-corrected chi connectivity index (χ1v) is 5.63. The Labute approximate surface area is 95.6 Å². The van der Waals surface area contributed by atoms with Crippen molar-refractivity contribution in [2.75, 3.05) is 13.2 Å². The molecule has 1 saturated carbocycles. The maximum atomic E-state index is 8.63. The lowest BCUT2D eigenvalue weighted by Crippen LogP contribution is -2.23. The first kappa shape index (κ1) is 11.0. The fourth-order valence-electron chi connectivity index (χ4n) is 1.54. The van der Waals surface area contributed by atoms with Crippen LogP contribution in [0.1, 0.15) is 24.8 Å². The van der Waals surface area contributed by atoms with Gasteiger partial charge in [0.2, 0.25) is 0 Å². The molecule has 16 heavy (non-hydrogen) atoms. The standard InChI is InChI=1S/C13H15NO2/c14-10-11-4-6-13(7-5-11)16-9-8-15-12-2-1-3-12/h4-7,12H,1-3,8-9H2. The van der Waals surface area contributed by atoms with Crippen LogP contribution in [-0.2, 0) is 4.74 Å². The minimum Gasteiger partial charge on any atom is -0.491 e. The zero-order valence-electron chi connectivity index (χ0n) is 9.19. The average Bonchev–Trinajstić information content (AvgIpc) is 2.27. The summed E-state index contributed by atoms with van der Waals surface area (Å²) in [7, 11) is 0. The summed E-state index contributed by atoms with van der Waals surface area (Å²) < 4.78 is 11.1. The molecule has 1 aromatic rings. The molecule has 0 heterocycles. The first-order chi connectivity index (χ1) is 7.88. The molecule has 0 unspecified atom stereocenters. The third kappa shape index (κ3) is 2.98. The Kier molecular flexibility index (Phi) is 3.79. The van der Waals surface area contributed by atoms with Gasteiger partial charge in [0.15, 0.2) is 0 Å². The Morgan fingerprint density at radius 3 is 2.50 bits per heavy atom. The van der Waals surface area contributed by atoms with Crippen LogP contribution in [0.3, 0.4) is 0 Å². The van der Waals surface area contributed by atoms with Gasteiger partial charge in [0.1, 0.15) is 12.4 Å². The highest BCUT2D eigenvalue weighted by Crippen LogP contribution is 2.21. The molecule has 0 N–H and O–H groups in total. The van der Waals surface area contributed by atoms with E-state index < -0.39 is 0 Å². The summed E-state index contributed by atoms with van der Waals surface area (Å²) in [5, 5.41) is 8.63. The first-order valence-electron chi connectivity index (χ1n) is 5.63. The maximum absolute atomic E-state index is 8.63. The summed E-state index contributed by atoms with van der Waals surface area (Å²) in [6.07, 6.45) is 4.14. The third-order valence-corrected chi connectivity index (χ3v) is 2.74. The molecule has 0 bridgehead atoms. The van der Waals surface area contributed by atoms with E-state index in [2.05, 4.69) is 6.07 Å². The molecule has 84 valence electrons. The van der Waals surface area contributed by atoms with E-state index in [1.54, 1.807) is 12.1 Å². The quantitative estimate of drug-likeness (QED) is 0.712. The zero-order chi connectivity index (χ0) is 11.2. The van der Waals surface area contributed by atoms with Crippen LogP contribution in [0.4, 0.5) is 0 Å². The number of hydrogen-bond acceptors (Lipinski definition) is 3. The highest BCUT2D eigenvalue weighted by molar-refractivity contribution is 5.34. The normalized spacial score (nSPS) is 15.2. The third-order valence-electron chi connectivity index (χ3n) is 2.74. The van der Waals surface area contributed by atoms with Gasteiger partial charge in [-0.15, -0.1) is 0 Å². The lowest BCUT2D eigenvalue weighted by molar-refractivity contribution is -0.0103. The van der Waals surface area contributed by atoms with E-state index in [-0.39, 0.29) is 0 Å². The SMILES string of the molecule is N#Cc1ccc(OCCOC2CCC2)cc1. The highest BCUT2D eigenvalue weighted by atomic mass is 16.5. The number of rotatable bonds is 5. The molecule has 0 atom stereocenters. The summed E-state index contributed by atoms with van der Waals surface area (Å²) in [4.78, 5) is 0. The molecule has 1 aromatic carbocycles. The molecule has 0 amide bonds. The molecule has 3 heteroatoms. The van der Waals surface area contributed by atoms with E-state index in [9.17, 15) is 0 Å². The van der Waals surface area contributed by atoms with Gasteiger partial charge >= 0.3 is 0 Å². The van der Waals surface area contributed by atoms with Crippen LogP contribution in [0.25, 0.3) is 0 Å². The number of nitriles is 1. The van der Waals surface area contributed by atoms with Crippen molar-refractivity contribution in [2.45, 2.75) is 25.4 Å². The second-order valence-electron chi connectivity index (χ2n) is 3.91. The Morgan fingerprint density at radius 1 is 1.19 bits per heavy atom. The van der Waals surface area contributed by atoms with Crippen molar-refractivity contribution in [3.63, 3.8) is 0 Å². The highest BCUT2D eigenvalue weighted by Gasteiger charge is 2.17. The Morgan fingerprint density at radius 2 is 1.94 bits per heavy atom. The maximum Gasteiger partial charge on any atom is 0.119 e. The Balaban J connectivity index is 1.66. The summed E-state index contributed by atoms with van der Waals surface area (Å²) in [5.41, 5.74) is 0.651. The van der Waals surface area contributed by atoms with Gasteiger partial charge in [-0.25, -0.2) is 0 Å². The van der Waals surface area contributed by atoms with Gasteiger partial charge in [-0.2, -0.15) is 5.26 Å². The van der Waals surface area contributed by atoms with Crippen LogP contribution in [-0.4, -0.2) is 19.3 Å². The van der Waals surface area contributed by atoms with Gasteiger partial charge in [-0.3, -0.25) is 0 Å². The van der Waals surface area contributed by atoms with Crippen LogP contribution in [0, 0.1) is 11.3 Å². The Hall–Kier alpha value is -1.53. The second kappa shape index (κ2) is 5.53. The van der Waals surface area contributed by atoms with E-state index in [1.807, 2.05) is 12.1 Å². The number of ether oxygens (including phenoxy) is 2. The van der Waals surface area contributed by atoms with Gasteiger partial charge in [-0.05, 0) is 43.5 Å². The fraction of sp³-hybridized carbons (Fsp3) is 0.462. The fourth-order valence-corrected chi connectivity index (χ4v) is 1.54. The lowest BCUT2D eigenvalue weighted by atomic mass is 9.96. The predicted molar refractivity (Wildman–Crippen MR) is 60.2 cm³/mol. The van der Waals surface area contributed by atoms with Crippen LogP contribution in [0.2, 0.25) is 0 Å². The van der Waals surface area contributed by atoms with Crippen molar-refractivity contribution in [3.8, 4) is 11.8 Å². The molecule has 0 aromatic heterocycles.